The van der Waals surface area contributed by atoms with Gasteiger partial charge in [0.25, 0.3) is 0 Å². The molecular formula is C24H20ClNO2. The van der Waals surface area contributed by atoms with E-state index < -0.39 is 11.9 Å². The number of nitrogens with zero attached hydrogens (tertiary/aromatic N) is 1. The minimum atomic E-state index is -0.831. The van der Waals surface area contributed by atoms with Crippen LogP contribution in [-0.2, 0) is 17.8 Å². The van der Waals surface area contributed by atoms with E-state index in [1.165, 1.54) is 0 Å². The van der Waals surface area contributed by atoms with Gasteiger partial charge in [0.1, 0.15) is 0 Å². The Hall–Kier alpha value is -3.04. The molecule has 1 heterocycles. The van der Waals surface area contributed by atoms with Crippen LogP contribution >= 0.6 is 11.6 Å². The number of rotatable bonds is 6. The van der Waals surface area contributed by atoms with E-state index in [2.05, 4.69) is 16.7 Å². The summed E-state index contributed by atoms with van der Waals surface area (Å²) in [6.45, 7) is 0.677. The smallest absolute Gasteiger partial charge is 0.311 e. The molecule has 0 aliphatic rings. The van der Waals surface area contributed by atoms with Crippen molar-refractivity contribution in [1.29, 1.82) is 0 Å². The van der Waals surface area contributed by atoms with Crippen LogP contribution in [0, 0.1) is 0 Å². The summed E-state index contributed by atoms with van der Waals surface area (Å²) in [5, 5.41) is 11.5. The predicted molar refractivity (Wildman–Crippen MR) is 113 cm³/mol. The number of carboxylic acids is 1. The van der Waals surface area contributed by atoms with Gasteiger partial charge in [0.2, 0.25) is 0 Å². The molecule has 140 valence electrons. The van der Waals surface area contributed by atoms with E-state index in [0.29, 0.717) is 18.0 Å². The molecule has 3 aromatic carbocycles. The molecule has 28 heavy (non-hydrogen) atoms. The lowest BCUT2D eigenvalue weighted by molar-refractivity contribution is -0.138. The van der Waals surface area contributed by atoms with Gasteiger partial charge in [0.05, 0.1) is 5.92 Å². The van der Waals surface area contributed by atoms with E-state index in [1.54, 1.807) is 0 Å². The summed E-state index contributed by atoms with van der Waals surface area (Å²) < 4.78 is 2.11. The summed E-state index contributed by atoms with van der Waals surface area (Å²) in [7, 11) is 0. The molecule has 1 atom stereocenters. The molecule has 0 saturated heterocycles. The molecule has 3 nitrogen and oxygen atoms in total. The quantitative estimate of drug-likeness (QED) is 0.456. The standard InChI is InChI=1S/C24H20ClNO2/c25-19-11-12-23-20(14-19)22(16-26(23)15-18-9-5-2-6-10-18)21(24(27)28)13-17-7-3-1-4-8-17/h1-12,14,16,21H,13,15H2,(H,27,28). The number of hydrogen-bond acceptors (Lipinski definition) is 1. The van der Waals surface area contributed by atoms with E-state index in [-0.39, 0.29) is 0 Å². The first-order valence-electron chi connectivity index (χ1n) is 9.21. The van der Waals surface area contributed by atoms with E-state index >= 15 is 0 Å². The molecule has 1 unspecified atom stereocenters. The third kappa shape index (κ3) is 3.80. The molecule has 0 aliphatic carbocycles. The SMILES string of the molecule is O=C(O)C(Cc1ccccc1)c1cn(Cc2ccccc2)c2ccc(Cl)cc12. The summed E-state index contributed by atoms with van der Waals surface area (Å²) in [6, 6.07) is 25.6. The minimum absolute atomic E-state index is 0.438. The third-order valence-electron chi connectivity index (χ3n) is 5.03. The lowest BCUT2D eigenvalue weighted by atomic mass is 9.92. The molecule has 0 fully saturated rings. The fourth-order valence-corrected chi connectivity index (χ4v) is 3.84. The molecule has 0 amide bonds. The molecule has 0 radical (unpaired) electrons. The number of aliphatic carboxylic acids is 1. The number of carbonyl (C=O) groups is 1. The van der Waals surface area contributed by atoms with Gasteiger partial charge in [-0.25, -0.2) is 0 Å². The van der Waals surface area contributed by atoms with E-state index in [1.807, 2.05) is 72.9 Å². The summed E-state index contributed by atoms with van der Waals surface area (Å²) in [5.74, 6) is -1.47. The molecule has 4 aromatic rings. The maximum absolute atomic E-state index is 12.2. The number of carboxylic acid groups (broad SMARTS) is 1. The Morgan fingerprint density at radius 3 is 2.21 bits per heavy atom. The van der Waals surface area contributed by atoms with E-state index in [4.69, 9.17) is 11.6 Å². The average Bonchev–Trinajstić information content (AvgIpc) is 3.04. The van der Waals surface area contributed by atoms with Crippen molar-refractivity contribution in [1.82, 2.24) is 4.57 Å². The molecule has 1 aromatic heterocycles. The fourth-order valence-electron chi connectivity index (χ4n) is 3.67. The largest absolute Gasteiger partial charge is 0.481 e. The van der Waals surface area contributed by atoms with Crippen molar-refractivity contribution in [2.45, 2.75) is 18.9 Å². The second kappa shape index (κ2) is 7.91. The van der Waals surface area contributed by atoms with Crippen molar-refractivity contribution in [2.75, 3.05) is 0 Å². The van der Waals surface area contributed by atoms with Crippen LogP contribution in [0.3, 0.4) is 0 Å². The highest BCUT2D eigenvalue weighted by Crippen LogP contribution is 2.33. The Labute approximate surface area is 168 Å². The summed E-state index contributed by atoms with van der Waals surface area (Å²) in [5.41, 5.74) is 3.95. The van der Waals surface area contributed by atoms with Crippen molar-refractivity contribution < 1.29 is 9.90 Å². The molecule has 1 N–H and O–H groups in total. The Balaban J connectivity index is 1.80. The summed E-state index contributed by atoms with van der Waals surface area (Å²) >= 11 is 6.25. The number of aromatic nitrogens is 1. The third-order valence-corrected chi connectivity index (χ3v) is 5.26. The number of fused-ring (bicyclic) bond motifs is 1. The maximum atomic E-state index is 12.2. The van der Waals surface area contributed by atoms with Gasteiger partial charge in [0, 0.05) is 28.7 Å². The van der Waals surface area contributed by atoms with Crippen LogP contribution in [-0.4, -0.2) is 15.6 Å². The Morgan fingerprint density at radius 2 is 1.57 bits per heavy atom. The molecule has 0 aliphatic heterocycles. The first kappa shape index (κ1) is 18.3. The van der Waals surface area contributed by atoms with Gasteiger partial charge in [-0.2, -0.15) is 0 Å². The molecule has 0 spiro atoms. The Bertz CT molecular complexity index is 1100. The zero-order valence-corrected chi connectivity index (χ0v) is 16.0. The molecular weight excluding hydrogens is 370 g/mol. The topological polar surface area (TPSA) is 42.2 Å². The van der Waals surface area contributed by atoms with Gasteiger partial charge in [-0.05, 0) is 41.3 Å². The lowest BCUT2D eigenvalue weighted by Crippen LogP contribution is -2.14. The van der Waals surface area contributed by atoms with Gasteiger partial charge in [-0.3, -0.25) is 4.79 Å². The zero-order chi connectivity index (χ0) is 19.5. The maximum Gasteiger partial charge on any atom is 0.311 e. The number of benzene rings is 3. The highest BCUT2D eigenvalue weighted by atomic mass is 35.5. The van der Waals surface area contributed by atoms with Crippen LogP contribution in [0.25, 0.3) is 10.9 Å². The summed E-state index contributed by atoms with van der Waals surface area (Å²) in [4.78, 5) is 12.2. The monoisotopic (exact) mass is 389 g/mol. The van der Waals surface area contributed by atoms with Crippen molar-refractivity contribution in [3.8, 4) is 0 Å². The molecule has 0 bridgehead atoms. The highest BCUT2D eigenvalue weighted by molar-refractivity contribution is 6.31. The first-order chi connectivity index (χ1) is 13.6. The minimum Gasteiger partial charge on any atom is -0.481 e. The van der Waals surface area contributed by atoms with E-state index in [0.717, 1.165) is 27.6 Å². The normalized spacial score (nSPS) is 12.2. The van der Waals surface area contributed by atoms with Gasteiger partial charge in [0.15, 0.2) is 0 Å². The lowest BCUT2D eigenvalue weighted by Gasteiger charge is -2.12. The fraction of sp³-hybridized carbons (Fsp3) is 0.125. The predicted octanol–water partition coefficient (Wildman–Crippen LogP) is 5.75. The van der Waals surface area contributed by atoms with E-state index in [9.17, 15) is 9.90 Å². The first-order valence-corrected chi connectivity index (χ1v) is 9.58. The van der Waals surface area contributed by atoms with Gasteiger partial charge < -0.3 is 9.67 Å². The Morgan fingerprint density at radius 1 is 0.929 bits per heavy atom. The van der Waals surface area contributed by atoms with Crippen LogP contribution in [0.15, 0.2) is 85.1 Å². The van der Waals surface area contributed by atoms with Gasteiger partial charge in [-0.15, -0.1) is 0 Å². The van der Waals surface area contributed by atoms with Crippen LogP contribution in [0.5, 0.6) is 0 Å². The second-order valence-corrected chi connectivity index (χ2v) is 7.38. The highest BCUT2D eigenvalue weighted by Gasteiger charge is 2.25. The van der Waals surface area contributed by atoms with Crippen molar-refractivity contribution >= 4 is 28.5 Å². The molecule has 0 saturated carbocycles. The van der Waals surface area contributed by atoms with Crippen LogP contribution in [0.4, 0.5) is 0 Å². The van der Waals surface area contributed by atoms with Crippen LogP contribution in [0.2, 0.25) is 5.02 Å². The van der Waals surface area contributed by atoms with Crippen molar-refractivity contribution in [2.24, 2.45) is 0 Å². The van der Waals surface area contributed by atoms with Crippen molar-refractivity contribution in [3.05, 3.63) is 107 Å². The average molecular weight is 390 g/mol. The Kier molecular flexibility index (Phi) is 5.18. The zero-order valence-electron chi connectivity index (χ0n) is 15.3. The van der Waals surface area contributed by atoms with Crippen LogP contribution in [0.1, 0.15) is 22.6 Å². The van der Waals surface area contributed by atoms with Gasteiger partial charge in [-0.1, -0.05) is 72.3 Å². The number of halogens is 1. The second-order valence-electron chi connectivity index (χ2n) is 6.94. The number of hydrogen-bond donors (Lipinski definition) is 1. The molecule has 4 heteroatoms. The van der Waals surface area contributed by atoms with Gasteiger partial charge >= 0.3 is 5.97 Å². The van der Waals surface area contributed by atoms with Crippen molar-refractivity contribution in [3.63, 3.8) is 0 Å². The molecule has 4 rings (SSSR count). The summed E-state index contributed by atoms with van der Waals surface area (Å²) in [6.07, 6.45) is 2.41. The van der Waals surface area contributed by atoms with Crippen LogP contribution < -0.4 is 0 Å².